The van der Waals surface area contributed by atoms with E-state index in [-0.39, 0.29) is 0 Å². The van der Waals surface area contributed by atoms with Crippen LogP contribution in [0.4, 0.5) is 0 Å². The minimum absolute atomic E-state index is 1.25. The molecule has 0 unspecified atom stereocenters. The van der Waals surface area contributed by atoms with Gasteiger partial charge in [0.1, 0.15) is 0 Å². The van der Waals surface area contributed by atoms with E-state index in [2.05, 4.69) is 108 Å². The van der Waals surface area contributed by atoms with E-state index in [0.29, 0.717) is 0 Å². The Hall–Kier alpha value is -3.28. The van der Waals surface area contributed by atoms with Crippen molar-refractivity contribution in [2.45, 2.75) is 0 Å². The van der Waals surface area contributed by atoms with Crippen LogP contribution in [0.5, 0.6) is 0 Å². The molecule has 0 bridgehead atoms. The summed E-state index contributed by atoms with van der Waals surface area (Å²) in [6.07, 6.45) is 0. The summed E-state index contributed by atoms with van der Waals surface area (Å²) in [6.45, 7) is 0. The Kier molecular flexibility index (Phi) is 4.71. The van der Waals surface area contributed by atoms with Crippen molar-refractivity contribution in [2.75, 3.05) is 0 Å². The first kappa shape index (κ1) is 20.9. The van der Waals surface area contributed by atoms with Crippen molar-refractivity contribution in [1.29, 1.82) is 0 Å². The van der Waals surface area contributed by atoms with Crippen LogP contribution >= 0.6 is 45.3 Å². The maximum atomic E-state index is 2.33. The molecule has 36 heavy (non-hydrogen) atoms. The van der Waals surface area contributed by atoms with Gasteiger partial charge in [-0.3, -0.25) is 0 Å². The summed E-state index contributed by atoms with van der Waals surface area (Å²) >= 11 is 7.48. The zero-order valence-corrected chi connectivity index (χ0v) is 22.3. The van der Waals surface area contributed by atoms with Gasteiger partial charge in [0.25, 0.3) is 0 Å². The highest BCUT2D eigenvalue weighted by atomic mass is 32.1. The van der Waals surface area contributed by atoms with Crippen LogP contribution in [-0.2, 0) is 0 Å². The zero-order chi connectivity index (χ0) is 23.6. The van der Waals surface area contributed by atoms with Crippen molar-refractivity contribution in [3.8, 4) is 32.0 Å². The molecule has 0 nitrogen and oxygen atoms in total. The van der Waals surface area contributed by atoms with Crippen molar-refractivity contribution in [1.82, 2.24) is 0 Å². The van der Waals surface area contributed by atoms with Gasteiger partial charge < -0.3 is 0 Å². The molecule has 0 radical (unpaired) electrons. The van der Waals surface area contributed by atoms with Gasteiger partial charge >= 0.3 is 0 Å². The fourth-order valence-electron chi connectivity index (χ4n) is 4.98. The van der Waals surface area contributed by atoms with E-state index in [0.717, 1.165) is 0 Å². The quantitative estimate of drug-likeness (QED) is 0.213. The molecule has 0 saturated carbocycles. The molecule has 0 saturated heterocycles. The van der Waals surface area contributed by atoms with Gasteiger partial charge in [0.15, 0.2) is 0 Å². The van der Waals surface area contributed by atoms with Crippen LogP contribution in [0.3, 0.4) is 0 Å². The standard InChI is InChI=1S/C32H18S4/c1-5-21(27-17-25-11-9-23-13-15-33-29(23)31(25)35-27)6-2-19(1)20-3-7-22(8-4-20)28-18-26-12-10-24-14-16-34-30(24)32(26)36-28/h1-18H. The molecule has 0 aliphatic rings. The van der Waals surface area contributed by atoms with Crippen molar-refractivity contribution in [3.05, 3.63) is 108 Å². The normalized spacial score (nSPS) is 11.9. The molecule has 4 heterocycles. The number of hydrogen-bond donors (Lipinski definition) is 0. The largest absolute Gasteiger partial charge is 0.142 e. The molecule has 0 spiro atoms. The molecule has 8 aromatic rings. The van der Waals surface area contributed by atoms with Crippen LogP contribution in [0.2, 0.25) is 0 Å². The van der Waals surface area contributed by atoms with Crippen LogP contribution in [0.1, 0.15) is 0 Å². The molecule has 4 aromatic carbocycles. The van der Waals surface area contributed by atoms with Crippen LogP contribution in [0.25, 0.3) is 72.4 Å². The lowest BCUT2D eigenvalue weighted by atomic mass is 10.0. The van der Waals surface area contributed by atoms with Crippen molar-refractivity contribution >= 4 is 85.7 Å². The Morgan fingerprint density at radius 3 is 1.17 bits per heavy atom. The van der Waals surface area contributed by atoms with E-state index in [4.69, 9.17) is 0 Å². The lowest BCUT2D eigenvalue weighted by Gasteiger charge is -2.05. The second kappa shape index (κ2) is 8.12. The van der Waals surface area contributed by atoms with Crippen LogP contribution in [0, 0.1) is 0 Å². The van der Waals surface area contributed by atoms with E-state index >= 15 is 0 Å². The Balaban J connectivity index is 1.10. The van der Waals surface area contributed by atoms with E-state index in [1.807, 2.05) is 45.3 Å². The van der Waals surface area contributed by atoms with Crippen LogP contribution in [0.15, 0.2) is 108 Å². The van der Waals surface area contributed by atoms with Gasteiger partial charge in [-0.05, 0) is 78.8 Å². The van der Waals surface area contributed by atoms with Gasteiger partial charge in [0.05, 0.1) is 18.8 Å². The Labute approximate surface area is 224 Å². The smallest absolute Gasteiger partial charge is 0.0527 e. The van der Waals surface area contributed by atoms with Crippen molar-refractivity contribution < 1.29 is 0 Å². The maximum Gasteiger partial charge on any atom is 0.0527 e. The second-order valence-electron chi connectivity index (χ2n) is 9.02. The number of rotatable bonds is 3. The Morgan fingerprint density at radius 2 is 0.722 bits per heavy atom. The number of thiophene rings is 4. The van der Waals surface area contributed by atoms with Gasteiger partial charge in [0.2, 0.25) is 0 Å². The number of hydrogen-bond acceptors (Lipinski definition) is 4. The third kappa shape index (κ3) is 3.30. The highest BCUT2D eigenvalue weighted by Gasteiger charge is 2.11. The monoisotopic (exact) mass is 530 g/mol. The van der Waals surface area contributed by atoms with Crippen LogP contribution in [-0.4, -0.2) is 0 Å². The highest BCUT2D eigenvalue weighted by Crippen LogP contribution is 2.41. The topological polar surface area (TPSA) is 0 Å². The molecule has 0 atom stereocenters. The summed E-state index contributed by atoms with van der Waals surface area (Å²) < 4.78 is 5.61. The molecular weight excluding hydrogens is 513 g/mol. The predicted molar refractivity (Wildman–Crippen MR) is 164 cm³/mol. The van der Waals surface area contributed by atoms with Gasteiger partial charge in [0, 0.05) is 9.75 Å². The van der Waals surface area contributed by atoms with Crippen molar-refractivity contribution in [2.24, 2.45) is 0 Å². The molecule has 0 aliphatic heterocycles. The highest BCUT2D eigenvalue weighted by molar-refractivity contribution is 7.28. The van der Waals surface area contributed by atoms with E-state index in [1.54, 1.807) is 0 Å². The van der Waals surface area contributed by atoms with Gasteiger partial charge in [-0.25, -0.2) is 0 Å². The molecule has 4 aromatic heterocycles. The third-order valence-electron chi connectivity index (χ3n) is 6.88. The molecule has 8 rings (SSSR count). The van der Waals surface area contributed by atoms with Gasteiger partial charge in [-0.1, -0.05) is 72.8 Å². The fourth-order valence-corrected chi connectivity index (χ4v) is 9.44. The number of benzene rings is 4. The summed E-state index contributed by atoms with van der Waals surface area (Å²) in [5, 5.41) is 9.74. The Morgan fingerprint density at radius 1 is 0.333 bits per heavy atom. The van der Waals surface area contributed by atoms with Crippen molar-refractivity contribution in [3.63, 3.8) is 0 Å². The first-order valence-electron chi connectivity index (χ1n) is 11.8. The summed E-state index contributed by atoms with van der Waals surface area (Å²) in [6, 6.07) is 36.1. The second-order valence-corrected chi connectivity index (χ2v) is 13.0. The lowest BCUT2D eigenvalue weighted by molar-refractivity contribution is 1.62. The van der Waals surface area contributed by atoms with Gasteiger partial charge in [-0.2, -0.15) is 0 Å². The molecule has 170 valence electrons. The average molecular weight is 531 g/mol. The fraction of sp³-hybridized carbons (Fsp3) is 0. The molecule has 0 N–H and O–H groups in total. The van der Waals surface area contributed by atoms with E-state index in [9.17, 15) is 0 Å². The molecule has 0 aliphatic carbocycles. The van der Waals surface area contributed by atoms with Gasteiger partial charge in [-0.15, -0.1) is 45.3 Å². The minimum Gasteiger partial charge on any atom is -0.142 e. The SMILES string of the molecule is c1cc2ccc3cc(-c4ccc(-c5ccc(-c6cc7ccc8ccsc8c7s6)cc5)cc4)sc3c2s1. The minimum atomic E-state index is 1.25. The molecule has 0 amide bonds. The first-order chi connectivity index (χ1) is 17.8. The Bertz CT molecular complexity index is 1880. The first-order valence-corrected chi connectivity index (χ1v) is 15.2. The summed E-state index contributed by atoms with van der Waals surface area (Å²) in [4.78, 5) is 2.66. The maximum absolute atomic E-state index is 2.33. The van der Waals surface area contributed by atoms with Crippen LogP contribution < -0.4 is 0 Å². The van der Waals surface area contributed by atoms with E-state index in [1.165, 1.54) is 72.4 Å². The zero-order valence-electron chi connectivity index (χ0n) is 19.0. The number of fused-ring (bicyclic) bond motifs is 6. The third-order valence-corrected chi connectivity index (χ3v) is 11.5. The predicted octanol–water partition coefficient (Wildman–Crippen LogP) is 11.5. The summed E-state index contributed by atoms with van der Waals surface area (Å²) in [5.41, 5.74) is 5.07. The lowest BCUT2D eigenvalue weighted by Crippen LogP contribution is -1.79. The summed E-state index contributed by atoms with van der Waals surface area (Å²) in [7, 11) is 0. The average Bonchev–Trinajstić information content (AvgIpc) is 3.72. The van der Waals surface area contributed by atoms with E-state index < -0.39 is 0 Å². The molecule has 0 fully saturated rings. The molecule has 4 heteroatoms. The molecular formula is C32H18S4. The summed E-state index contributed by atoms with van der Waals surface area (Å²) in [5.74, 6) is 0.